The molecule has 98 valence electrons. The summed E-state index contributed by atoms with van der Waals surface area (Å²) in [7, 11) is 0. The second-order valence-electron chi connectivity index (χ2n) is 3.59. The number of hydrogen-bond donors (Lipinski definition) is 1. The van der Waals surface area contributed by atoms with Gasteiger partial charge in [-0.15, -0.1) is 0 Å². The minimum Gasteiger partial charge on any atom is -0.477 e. The zero-order valence-corrected chi connectivity index (χ0v) is 11.4. The fourth-order valence-corrected chi connectivity index (χ4v) is 2.08. The molecule has 7 heteroatoms. The molecule has 0 atom stereocenters. The van der Waals surface area contributed by atoms with Crippen LogP contribution in [0.4, 0.5) is 4.39 Å². The molecule has 19 heavy (non-hydrogen) atoms. The summed E-state index contributed by atoms with van der Waals surface area (Å²) in [5, 5.41) is 9.22. The smallest absolute Gasteiger partial charge is 0.354 e. The van der Waals surface area contributed by atoms with E-state index in [0.717, 1.165) is 0 Å². The van der Waals surface area contributed by atoms with E-state index in [-0.39, 0.29) is 26.3 Å². The van der Waals surface area contributed by atoms with E-state index in [9.17, 15) is 9.18 Å². The SMILES string of the molecule is O=C(O)c1ccc(-c2cc(Cl)c(Cl)c(Cl)c2)c(F)n1. The summed E-state index contributed by atoms with van der Waals surface area (Å²) in [6, 6.07) is 5.34. The first-order valence-electron chi connectivity index (χ1n) is 4.95. The third-order valence-electron chi connectivity index (χ3n) is 2.36. The Morgan fingerprint density at radius 3 is 2.21 bits per heavy atom. The maximum Gasteiger partial charge on any atom is 0.354 e. The molecule has 0 aliphatic heterocycles. The van der Waals surface area contributed by atoms with Crippen LogP contribution in [-0.2, 0) is 0 Å². The lowest BCUT2D eigenvalue weighted by Gasteiger charge is -2.07. The van der Waals surface area contributed by atoms with Crippen molar-refractivity contribution in [3.8, 4) is 11.1 Å². The van der Waals surface area contributed by atoms with Gasteiger partial charge in [0.15, 0.2) is 5.69 Å². The molecule has 1 heterocycles. The van der Waals surface area contributed by atoms with Gasteiger partial charge in [0, 0.05) is 5.56 Å². The molecule has 2 aromatic rings. The van der Waals surface area contributed by atoms with E-state index in [0.29, 0.717) is 5.56 Å². The zero-order valence-electron chi connectivity index (χ0n) is 9.12. The van der Waals surface area contributed by atoms with Crippen LogP contribution in [0.1, 0.15) is 10.5 Å². The van der Waals surface area contributed by atoms with Gasteiger partial charge in [0.05, 0.1) is 15.1 Å². The number of carboxylic acids is 1. The molecule has 0 unspecified atom stereocenters. The number of carbonyl (C=O) groups is 1. The summed E-state index contributed by atoms with van der Waals surface area (Å²) < 4.78 is 13.8. The summed E-state index contributed by atoms with van der Waals surface area (Å²) in [6.45, 7) is 0. The quantitative estimate of drug-likeness (QED) is 0.652. The van der Waals surface area contributed by atoms with E-state index in [2.05, 4.69) is 4.98 Å². The fraction of sp³-hybridized carbons (Fsp3) is 0. The van der Waals surface area contributed by atoms with E-state index in [1.807, 2.05) is 0 Å². The van der Waals surface area contributed by atoms with Gasteiger partial charge < -0.3 is 5.11 Å². The Hall–Kier alpha value is -1.36. The first-order chi connectivity index (χ1) is 8.90. The largest absolute Gasteiger partial charge is 0.477 e. The third kappa shape index (κ3) is 2.81. The van der Waals surface area contributed by atoms with E-state index in [1.54, 1.807) is 0 Å². The Bertz CT molecular complexity index is 653. The van der Waals surface area contributed by atoms with Crippen LogP contribution in [0.3, 0.4) is 0 Å². The lowest BCUT2D eigenvalue weighted by Crippen LogP contribution is -2.02. The highest BCUT2D eigenvalue weighted by Crippen LogP contribution is 2.35. The van der Waals surface area contributed by atoms with Gasteiger partial charge in [-0.05, 0) is 29.8 Å². The van der Waals surface area contributed by atoms with Crippen LogP contribution in [0.15, 0.2) is 24.3 Å². The Balaban J connectivity index is 2.56. The van der Waals surface area contributed by atoms with Gasteiger partial charge in [0.25, 0.3) is 0 Å². The van der Waals surface area contributed by atoms with Gasteiger partial charge in [-0.25, -0.2) is 9.78 Å². The number of aromatic nitrogens is 1. The lowest BCUT2D eigenvalue weighted by atomic mass is 10.1. The Kier molecular flexibility index (Phi) is 3.94. The highest BCUT2D eigenvalue weighted by Gasteiger charge is 2.14. The number of nitrogens with zero attached hydrogens (tertiary/aromatic N) is 1. The minimum atomic E-state index is -1.31. The summed E-state index contributed by atoms with van der Waals surface area (Å²) in [6.07, 6.45) is 0. The van der Waals surface area contributed by atoms with Crippen molar-refractivity contribution in [1.82, 2.24) is 4.98 Å². The molecule has 2 rings (SSSR count). The average molecular weight is 321 g/mol. The normalized spacial score (nSPS) is 10.5. The lowest BCUT2D eigenvalue weighted by molar-refractivity contribution is 0.0689. The standard InChI is InChI=1S/C12H5Cl3FNO2/c13-7-3-5(4-8(14)10(7)15)6-1-2-9(12(18)19)17-11(6)16/h1-4H,(H,18,19). The van der Waals surface area contributed by atoms with Gasteiger partial charge in [-0.1, -0.05) is 34.8 Å². The summed E-state index contributed by atoms with van der Waals surface area (Å²) in [4.78, 5) is 14.0. The molecule has 0 spiro atoms. The first kappa shape index (κ1) is 14.1. The molecular formula is C12H5Cl3FNO2. The minimum absolute atomic E-state index is 0.0884. The number of hydrogen-bond acceptors (Lipinski definition) is 2. The summed E-state index contributed by atoms with van der Waals surface area (Å²) in [5.74, 6) is -2.23. The van der Waals surface area contributed by atoms with Gasteiger partial charge in [-0.3, -0.25) is 0 Å². The monoisotopic (exact) mass is 319 g/mol. The van der Waals surface area contributed by atoms with Crippen LogP contribution in [0.25, 0.3) is 11.1 Å². The first-order valence-corrected chi connectivity index (χ1v) is 6.08. The predicted molar refractivity (Wildman–Crippen MR) is 71.6 cm³/mol. The molecule has 1 N–H and O–H groups in total. The number of aromatic carboxylic acids is 1. The fourth-order valence-electron chi connectivity index (χ4n) is 1.48. The highest BCUT2D eigenvalue weighted by atomic mass is 35.5. The molecule has 3 nitrogen and oxygen atoms in total. The Morgan fingerprint density at radius 2 is 1.74 bits per heavy atom. The molecular weight excluding hydrogens is 315 g/mol. The summed E-state index contributed by atoms with van der Waals surface area (Å²) in [5.41, 5.74) is 0.0687. The van der Waals surface area contributed by atoms with Gasteiger partial charge in [-0.2, -0.15) is 4.39 Å². The van der Waals surface area contributed by atoms with Crippen molar-refractivity contribution in [2.45, 2.75) is 0 Å². The molecule has 0 amide bonds. The van der Waals surface area contributed by atoms with Crippen molar-refractivity contribution >= 4 is 40.8 Å². The van der Waals surface area contributed by atoms with Crippen LogP contribution >= 0.6 is 34.8 Å². The second-order valence-corrected chi connectivity index (χ2v) is 4.79. The van der Waals surface area contributed by atoms with E-state index in [1.165, 1.54) is 24.3 Å². The van der Waals surface area contributed by atoms with E-state index in [4.69, 9.17) is 39.9 Å². The third-order valence-corrected chi connectivity index (χ3v) is 3.56. The molecule has 0 saturated carbocycles. The number of pyridine rings is 1. The molecule has 1 aromatic carbocycles. The van der Waals surface area contributed by atoms with Crippen molar-refractivity contribution in [3.63, 3.8) is 0 Å². The maximum atomic E-state index is 13.8. The van der Waals surface area contributed by atoms with Crippen LogP contribution in [-0.4, -0.2) is 16.1 Å². The van der Waals surface area contributed by atoms with Gasteiger partial charge in [0.2, 0.25) is 5.95 Å². The van der Waals surface area contributed by atoms with E-state index < -0.39 is 11.9 Å². The number of carboxylic acid groups (broad SMARTS) is 1. The van der Waals surface area contributed by atoms with Crippen LogP contribution in [0, 0.1) is 5.95 Å². The number of rotatable bonds is 2. The van der Waals surface area contributed by atoms with Crippen molar-refractivity contribution in [2.75, 3.05) is 0 Å². The number of halogens is 4. The molecule has 0 saturated heterocycles. The van der Waals surface area contributed by atoms with Crippen LogP contribution in [0.2, 0.25) is 15.1 Å². The molecule has 1 aromatic heterocycles. The molecule has 0 aliphatic rings. The number of benzene rings is 1. The summed E-state index contributed by atoms with van der Waals surface area (Å²) >= 11 is 17.5. The topological polar surface area (TPSA) is 50.2 Å². The molecule has 0 bridgehead atoms. The van der Waals surface area contributed by atoms with E-state index >= 15 is 0 Å². The van der Waals surface area contributed by atoms with Crippen molar-refractivity contribution < 1.29 is 14.3 Å². The highest BCUT2D eigenvalue weighted by molar-refractivity contribution is 6.48. The second kappa shape index (κ2) is 5.33. The zero-order chi connectivity index (χ0) is 14.2. The van der Waals surface area contributed by atoms with Crippen LogP contribution < -0.4 is 0 Å². The maximum absolute atomic E-state index is 13.8. The van der Waals surface area contributed by atoms with Crippen molar-refractivity contribution in [1.29, 1.82) is 0 Å². The predicted octanol–water partition coefficient (Wildman–Crippen LogP) is 4.55. The van der Waals surface area contributed by atoms with Gasteiger partial charge in [0.1, 0.15) is 0 Å². The van der Waals surface area contributed by atoms with Crippen molar-refractivity contribution in [2.24, 2.45) is 0 Å². The molecule has 0 fully saturated rings. The van der Waals surface area contributed by atoms with Gasteiger partial charge >= 0.3 is 5.97 Å². The molecule has 0 radical (unpaired) electrons. The van der Waals surface area contributed by atoms with Crippen molar-refractivity contribution in [3.05, 3.63) is 51.0 Å². The van der Waals surface area contributed by atoms with Crippen LogP contribution in [0.5, 0.6) is 0 Å². The average Bonchev–Trinajstić information content (AvgIpc) is 2.35. The Labute approximate surface area is 122 Å². The Morgan fingerprint density at radius 1 is 1.16 bits per heavy atom. The molecule has 0 aliphatic carbocycles.